The van der Waals surface area contributed by atoms with Crippen molar-refractivity contribution in [3.63, 3.8) is 0 Å². The Kier molecular flexibility index (Phi) is 6.64. The van der Waals surface area contributed by atoms with Crippen molar-refractivity contribution in [2.24, 2.45) is 5.92 Å². The summed E-state index contributed by atoms with van der Waals surface area (Å²) in [4.78, 5) is 18.9. The average Bonchev–Trinajstić information content (AvgIpc) is 2.97. The number of carbonyl (C=O) groups excluding carboxylic acids is 1. The van der Waals surface area contributed by atoms with Gasteiger partial charge in [0.15, 0.2) is 0 Å². The number of aromatic nitrogens is 1. The van der Waals surface area contributed by atoms with E-state index >= 15 is 0 Å². The van der Waals surface area contributed by atoms with Gasteiger partial charge in [-0.1, -0.05) is 13.8 Å². The first-order valence-electron chi connectivity index (χ1n) is 8.24. The van der Waals surface area contributed by atoms with Crippen molar-refractivity contribution < 1.29 is 4.79 Å². The van der Waals surface area contributed by atoms with E-state index in [0.717, 1.165) is 30.3 Å². The molecule has 124 valence electrons. The van der Waals surface area contributed by atoms with Gasteiger partial charge in [0.1, 0.15) is 0 Å². The summed E-state index contributed by atoms with van der Waals surface area (Å²) in [6, 6.07) is -0.0613. The molecule has 22 heavy (non-hydrogen) atoms. The van der Waals surface area contributed by atoms with E-state index in [9.17, 15) is 4.79 Å². The van der Waals surface area contributed by atoms with Gasteiger partial charge in [-0.25, -0.2) is 9.78 Å². The second kappa shape index (κ2) is 8.48. The van der Waals surface area contributed by atoms with Crippen LogP contribution in [0.5, 0.6) is 0 Å². The van der Waals surface area contributed by atoms with Crippen LogP contribution in [0.3, 0.4) is 0 Å². The number of amides is 2. The number of hydrogen-bond acceptors (Lipinski definition) is 4. The van der Waals surface area contributed by atoms with E-state index in [2.05, 4.69) is 39.7 Å². The van der Waals surface area contributed by atoms with E-state index in [1.54, 1.807) is 11.3 Å². The SMILES string of the molecule is CCN1CCC[C@H](CNC(=O)NC[C@@H](C)c2nc(C)cs2)C1. The number of nitrogens with one attached hydrogen (secondary N) is 2. The Bertz CT molecular complexity index is 476. The van der Waals surface area contributed by atoms with Crippen LogP contribution < -0.4 is 10.6 Å². The number of aryl methyl sites for hydroxylation is 1. The van der Waals surface area contributed by atoms with Crippen LogP contribution in [0.4, 0.5) is 4.79 Å². The summed E-state index contributed by atoms with van der Waals surface area (Å²) < 4.78 is 0. The molecule has 0 saturated carbocycles. The van der Waals surface area contributed by atoms with E-state index in [4.69, 9.17) is 0 Å². The summed E-state index contributed by atoms with van der Waals surface area (Å²) in [6.07, 6.45) is 2.45. The summed E-state index contributed by atoms with van der Waals surface area (Å²) >= 11 is 1.66. The molecule has 0 bridgehead atoms. The van der Waals surface area contributed by atoms with E-state index in [1.165, 1.54) is 19.4 Å². The van der Waals surface area contributed by atoms with Gasteiger partial charge in [0, 0.05) is 36.6 Å². The third-order valence-corrected chi connectivity index (χ3v) is 5.42. The van der Waals surface area contributed by atoms with Crippen LogP contribution in [-0.4, -0.2) is 48.6 Å². The van der Waals surface area contributed by atoms with Gasteiger partial charge in [-0.15, -0.1) is 11.3 Å². The third kappa shape index (κ3) is 5.25. The maximum atomic E-state index is 11.9. The molecule has 1 saturated heterocycles. The summed E-state index contributed by atoms with van der Waals surface area (Å²) in [5.41, 5.74) is 1.05. The fourth-order valence-electron chi connectivity index (χ4n) is 2.84. The number of urea groups is 1. The average molecular weight is 324 g/mol. The molecule has 2 heterocycles. The minimum atomic E-state index is -0.0613. The topological polar surface area (TPSA) is 57.3 Å². The number of rotatable bonds is 6. The maximum absolute atomic E-state index is 11.9. The van der Waals surface area contributed by atoms with Gasteiger partial charge >= 0.3 is 6.03 Å². The first-order chi connectivity index (χ1) is 10.6. The lowest BCUT2D eigenvalue weighted by Gasteiger charge is -2.31. The van der Waals surface area contributed by atoms with E-state index in [1.807, 2.05) is 6.92 Å². The van der Waals surface area contributed by atoms with Gasteiger partial charge in [0.25, 0.3) is 0 Å². The van der Waals surface area contributed by atoms with Crippen molar-refractivity contribution in [1.29, 1.82) is 0 Å². The van der Waals surface area contributed by atoms with Crippen LogP contribution in [0.25, 0.3) is 0 Å². The standard InChI is InChI=1S/C16H28N4OS/c1-4-20-7-5-6-14(10-20)9-18-16(21)17-8-12(2)15-19-13(3)11-22-15/h11-12,14H,4-10H2,1-3H3,(H2,17,18,21)/t12-,14-/m1/s1. The van der Waals surface area contributed by atoms with Crippen LogP contribution >= 0.6 is 11.3 Å². The van der Waals surface area contributed by atoms with Crippen molar-refractivity contribution in [3.8, 4) is 0 Å². The molecule has 1 aliphatic heterocycles. The summed E-state index contributed by atoms with van der Waals surface area (Å²) in [6.45, 7) is 11.1. The second-order valence-corrected chi connectivity index (χ2v) is 7.11. The lowest BCUT2D eigenvalue weighted by atomic mass is 9.98. The first-order valence-corrected chi connectivity index (χ1v) is 9.12. The Labute approximate surface area is 137 Å². The smallest absolute Gasteiger partial charge is 0.314 e. The fourth-order valence-corrected chi connectivity index (χ4v) is 3.69. The normalized spacial score (nSPS) is 20.6. The molecule has 0 aromatic carbocycles. The van der Waals surface area contributed by atoms with Gasteiger partial charge in [0.05, 0.1) is 5.01 Å². The highest BCUT2D eigenvalue weighted by Gasteiger charge is 2.19. The lowest BCUT2D eigenvalue weighted by molar-refractivity contribution is 0.179. The summed E-state index contributed by atoms with van der Waals surface area (Å²) in [5, 5.41) is 9.11. The molecule has 1 aromatic heterocycles. The molecule has 1 fully saturated rings. The van der Waals surface area contributed by atoms with E-state index < -0.39 is 0 Å². The molecule has 6 heteroatoms. The monoisotopic (exact) mass is 324 g/mol. The Hall–Kier alpha value is -1.14. The highest BCUT2D eigenvalue weighted by molar-refractivity contribution is 7.09. The third-order valence-electron chi connectivity index (χ3n) is 4.23. The molecule has 5 nitrogen and oxygen atoms in total. The van der Waals surface area contributed by atoms with E-state index in [-0.39, 0.29) is 11.9 Å². The number of hydrogen-bond donors (Lipinski definition) is 2. The molecule has 1 aromatic rings. The Morgan fingerprint density at radius 2 is 2.36 bits per heavy atom. The molecular formula is C16H28N4OS. The minimum absolute atomic E-state index is 0.0613. The van der Waals surface area contributed by atoms with Gasteiger partial charge in [-0.2, -0.15) is 0 Å². The quantitative estimate of drug-likeness (QED) is 0.845. The predicted octanol–water partition coefficient (Wildman–Crippen LogP) is 2.59. The highest BCUT2D eigenvalue weighted by Crippen LogP contribution is 2.19. The van der Waals surface area contributed by atoms with Gasteiger partial charge in [-0.05, 0) is 38.8 Å². The number of piperidine rings is 1. The number of thiazole rings is 1. The maximum Gasteiger partial charge on any atom is 0.314 e. The molecule has 0 unspecified atom stereocenters. The van der Waals surface area contributed by atoms with Crippen LogP contribution in [0, 0.1) is 12.8 Å². The predicted molar refractivity (Wildman–Crippen MR) is 91.5 cm³/mol. The van der Waals surface area contributed by atoms with Crippen molar-refractivity contribution in [2.75, 3.05) is 32.7 Å². The Balaban J connectivity index is 1.65. The molecule has 0 aliphatic carbocycles. The fraction of sp³-hybridized carbons (Fsp3) is 0.750. The van der Waals surface area contributed by atoms with Gasteiger partial charge in [0.2, 0.25) is 0 Å². The van der Waals surface area contributed by atoms with Crippen molar-refractivity contribution >= 4 is 17.4 Å². The van der Waals surface area contributed by atoms with Crippen LogP contribution in [-0.2, 0) is 0 Å². The number of nitrogens with zero attached hydrogens (tertiary/aromatic N) is 2. The van der Waals surface area contributed by atoms with Crippen molar-refractivity contribution in [2.45, 2.75) is 39.5 Å². The number of carbonyl (C=O) groups is 1. The molecule has 0 radical (unpaired) electrons. The molecule has 2 N–H and O–H groups in total. The largest absolute Gasteiger partial charge is 0.338 e. The van der Waals surface area contributed by atoms with Crippen LogP contribution in [0.2, 0.25) is 0 Å². The lowest BCUT2D eigenvalue weighted by Crippen LogP contribution is -2.44. The molecule has 0 spiro atoms. The Morgan fingerprint density at radius 3 is 3.05 bits per heavy atom. The van der Waals surface area contributed by atoms with Gasteiger partial charge in [-0.3, -0.25) is 0 Å². The highest BCUT2D eigenvalue weighted by atomic mass is 32.1. The van der Waals surface area contributed by atoms with Crippen LogP contribution in [0.15, 0.2) is 5.38 Å². The molecule has 2 rings (SSSR count). The zero-order valence-corrected chi connectivity index (χ0v) is 14.7. The molecule has 2 amide bonds. The van der Waals surface area contributed by atoms with Crippen LogP contribution in [0.1, 0.15) is 43.3 Å². The zero-order valence-electron chi connectivity index (χ0n) is 13.9. The zero-order chi connectivity index (χ0) is 15.9. The molecule has 1 aliphatic rings. The second-order valence-electron chi connectivity index (χ2n) is 6.22. The van der Waals surface area contributed by atoms with Crippen molar-refractivity contribution in [3.05, 3.63) is 16.1 Å². The first kappa shape index (κ1) is 17.2. The minimum Gasteiger partial charge on any atom is -0.338 e. The molecular weight excluding hydrogens is 296 g/mol. The number of likely N-dealkylation sites (tertiary alicyclic amines) is 1. The van der Waals surface area contributed by atoms with Gasteiger partial charge < -0.3 is 15.5 Å². The van der Waals surface area contributed by atoms with Crippen molar-refractivity contribution in [1.82, 2.24) is 20.5 Å². The Morgan fingerprint density at radius 1 is 1.55 bits per heavy atom. The van der Waals surface area contributed by atoms with E-state index in [0.29, 0.717) is 12.5 Å². The molecule has 2 atom stereocenters. The summed E-state index contributed by atoms with van der Waals surface area (Å²) in [5.74, 6) is 0.841. The summed E-state index contributed by atoms with van der Waals surface area (Å²) in [7, 11) is 0.